The van der Waals surface area contributed by atoms with Crippen LogP contribution in [0.4, 0.5) is 23.3 Å². The number of nitrogens with zero attached hydrogens (tertiary/aromatic N) is 4. The van der Waals surface area contributed by atoms with Gasteiger partial charge in [0.2, 0.25) is 5.95 Å². The van der Waals surface area contributed by atoms with E-state index in [1.807, 2.05) is 6.07 Å². The summed E-state index contributed by atoms with van der Waals surface area (Å²) in [6.07, 6.45) is -1.37. The van der Waals surface area contributed by atoms with Crippen molar-refractivity contribution in [3.63, 3.8) is 0 Å². The number of anilines is 4. The Bertz CT molecular complexity index is 859. The monoisotopic (exact) mass is 430 g/mol. The summed E-state index contributed by atoms with van der Waals surface area (Å²) in [5.74, 6) is 1.20. The topological polar surface area (TPSA) is 137 Å². The van der Waals surface area contributed by atoms with Crippen molar-refractivity contribution in [2.24, 2.45) is 0 Å². The van der Waals surface area contributed by atoms with E-state index in [2.05, 4.69) is 20.2 Å². The maximum absolute atomic E-state index is 12.8. The Balaban J connectivity index is 1.71. The molecule has 168 valence electrons. The molecule has 1 amide bonds. The quantitative estimate of drug-likeness (QED) is 0.480. The Morgan fingerprint density at radius 2 is 1.77 bits per heavy atom. The van der Waals surface area contributed by atoms with Gasteiger partial charge in [0, 0.05) is 43.5 Å². The average molecular weight is 431 g/mol. The zero-order valence-corrected chi connectivity index (χ0v) is 17.9. The lowest BCUT2D eigenvalue weighted by Gasteiger charge is -2.28. The molecule has 2 atom stereocenters. The fourth-order valence-corrected chi connectivity index (χ4v) is 3.38. The van der Waals surface area contributed by atoms with Crippen LogP contribution in [0.2, 0.25) is 0 Å². The fourth-order valence-electron chi connectivity index (χ4n) is 3.38. The van der Waals surface area contributed by atoms with Gasteiger partial charge in [-0.1, -0.05) is 0 Å². The van der Waals surface area contributed by atoms with Crippen LogP contribution in [0.15, 0.2) is 30.3 Å². The second-order valence-electron chi connectivity index (χ2n) is 7.68. The number of nitrogens with one attached hydrogen (secondary N) is 1. The molecule has 0 radical (unpaired) electrons. The molecule has 1 saturated heterocycles. The molecular formula is C21H30N6O4. The van der Waals surface area contributed by atoms with Gasteiger partial charge in [-0.3, -0.25) is 4.79 Å². The molecule has 2 aromatic rings. The number of aliphatic hydroxyl groups is 2. The lowest BCUT2D eigenvalue weighted by atomic mass is 10.1. The van der Waals surface area contributed by atoms with Gasteiger partial charge in [0.15, 0.2) is 0 Å². The van der Waals surface area contributed by atoms with Crippen LogP contribution in [0, 0.1) is 0 Å². The van der Waals surface area contributed by atoms with Crippen LogP contribution in [-0.2, 0) is 4.74 Å². The standard InChI is InChI=1S/C21H30N6O4/c1-14(28)12-27(13-15(2)29)20(30)16-3-5-17(6-4-16)23-18-11-19(25-21(22)24-18)26-7-9-31-10-8-26/h3-6,11,14-15,28-29H,7-10,12-13H2,1-2H3,(H3,22,23,24,25). The summed E-state index contributed by atoms with van der Waals surface area (Å²) >= 11 is 0. The Hall–Kier alpha value is -2.95. The number of amides is 1. The van der Waals surface area contributed by atoms with Gasteiger partial charge in [-0.15, -0.1) is 0 Å². The molecular weight excluding hydrogens is 400 g/mol. The maximum Gasteiger partial charge on any atom is 0.254 e. The highest BCUT2D eigenvalue weighted by Gasteiger charge is 2.19. The molecule has 0 aliphatic carbocycles. The minimum absolute atomic E-state index is 0.147. The first-order valence-electron chi connectivity index (χ1n) is 10.3. The highest BCUT2D eigenvalue weighted by atomic mass is 16.5. The minimum atomic E-state index is -0.687. The molecule has 5 N–H and O–H groups in total. The smallest absolute Gasteiger partial charge is 0.254 e. The van der Waals surface area contributed by atoms with Gasteiger partial charge in [0.05, 0.1) is 25.4 Å². The average Bonchev–Trinajstić information content (AvgIpc) is 2.73. The number of aromatic nitrogens is 2. The molecule has 1 fully saturated rings. The maximum atomic E-state index is 12.8. The molecule has 10 heteroatoms. The largest absolute Gasteiger partial charge is 0.392 e. The molecule has 10 nitrogen and oxygen atoms in total. The summed E-state index contributed by atoms with van der Waals surface area (Å²) in [5, 5.41) is 22.5. The zero-order chi connectivity index (χ0) is 22.4. The van der Waals surface area contributed by atoms with Gasteiger partial charge in [-0.25, -0.2) is 0 Å². The van der Waals surface area contributed by atoms with Crippen LogP contribution in [0.5, 0.6) is 0 Å². The summed E-state index contributed by atoms with van der Waals surface area (Å²) in [5.41, 5.74) is 7.08. The van der Waals surface area contributed by atoms with Gasteiger partial charge in [-0.05, 0) is 38.1 Å². The van der Waals surface area contributed by atoms with Gasteiger partial charge in [0.1, 0.15) is 11.6 Å². The van der Waals surface area contributed by atoms with Crippen LogP contribution < -0.4 is 16.0 Å². The van der Waals surface area contributed by atoms with E-state index in [0.29, 0.717) is 24.6 Å². The second-order valence-corrected chi connectivity index (χ2v) is 7.68. The van der Waals surface area contributed by atoms with E-state index in [4.69, 9.17) is 10.5 Å². The fraction of sp³-hybridized carbons (Fsp3) is 0.476. The number of benzene rings is 1. The van der Waals surface area contributed by atoms with Crippen molar-refractivity contribution in [3.05, 3.63) is 35.9 Å². The first-order valence-corrected chi connectivity index (χ1v) is 10.3. The summed E-state index contributed by atoms with van der Waals surface area (Å²) in [7, 11) is 0. The van der Waals surface area contributed by atoms with Crippen molar-refractivity contribution >= 4 is 29.2 Å². The van der Waals surface area contributed by atoms with E-state index in [0.717, 1.165) is 24.6 Å². The number of morpholine rings is 1. The Kier molecular flexibility index (Phi) is 7.61. The molecule has 0 bridgehead atoms. The number of carbonyl (C=O) groups is 1. The van der Waals surface area contributed by atoms with Crippen molar-refractivity contribution in [2.75, 3.05) is 55.3 Å². The highest BCUT2D eigenvalue weighted by molar-refractivity contribution is 5.94. The minimum Gasteiger partial charge on any atom is -0.392 e. The lowest BCUT2D eigenvalue weighted by molar-refractivity contribution is 0.0518. The highest BCUT2D eigenvalue weighted by Crippen LogP contribution is 2.22. The predicted octanol–water partition coefficient (Wildman–Crippen LogP) is 0.843. The first-order chi connectivity index (χ1) is 14.8. The number of aliphatic hydroxyl groups excluding tert-OH is 2. The van der Waals surface area contributed by atoms with Crippen molar-refractivity contribution < 1.29 is 19.7 Å². The number of rotatable bonds is 8. The van der Waals surface area contributed by atoms with Gasteiger partial charge < -0.3 is 35.8 Å². The summed E-state index contributed by atoms with van der Waals surface area (Å²) < 4.78 is 5.38. The Morgan fingerprint density at radius 3 is 2.35 bits per heavy atom. The first kappa shape index (κ1) is 22.7. The molecule has 2 unspecified atom stereocenters. The van der Waals surface area contributed by atoms with Gasteiger partial charge in [0.25, 0.3) is 5.91 Å². The molecule has 1 aromatic heterocycles. The molecule has 2 heterocycles. The van der Waals surface area contributed by atoms with Crippen LogP contribution in [0.25, 0.3) is 0 Å². The predicted molar refractivity (Wildman–Crippen MR) is 118 cm³/mol. The zero-order valence-electron chi connectivity index (χ0n) is 17.9. The van der Waals surface area contributed by atoms with Gasteiger partial charge >= 0.3 is 0 Å². The van der Waals surface area contributed by atoms with Gasteiger partial charge in [-0.2, -0.15) is 9.97 Å². The number of nitrogens with two attached hydrogens (primary N) is 1. The van der Waals surface area contributed by atoms with E-state index in [9.17, 15) is 15.0 Å². The second kappa shape index (κ2) is 10.4. The lowest BCUT2D eigenvalue weighted by Crippen LogP contribution is -2.40. The molecule has 0 spiro atoms. The summed E-state index contributed by atoms with van der Waals surface area (Å²) in [6, 6.07) is 8.74. The number of nitrogen functional groups attached to an aromatic ring is 1. The van der Waals surface area contributed by atoms with Crippen molar-refractivity contribution in [1.82, 2.24) is 14.9 Å². The molecule has 0 saturated carbocycles. The molecule has 1 aliphatic heterocycles. The molecule has 1 aliphatic rings. The Labute approximate surface area is 181 Å². The normalized spacial score (nSPS) is 15.9. The van der Waals surface area contributed by atoms with Crippen molar-refractivity contribution in [3.8, 4) is 0 Å². The Morgan fingerprint density at radius 1 is 1.16 bits per heavy atom. The third kappa shape index (κ3) is 6.51. The van der Waals surface area contributed by atoms with E-state index in [1.165, 1.54) is 4.90 Å². The van der Waals surface area contributed by atoms with Crippen LogP contribution in [0.1, 0.15) is 24.2 Å². The third-order valence-electron chi connectivity index (χ3n) is 4.73. The number of hydrogen-bond donors (Lipinski definition) is 4. The third-order valence-corrected chi connectivity index (χ3v) is 4.73. The van der Waals surface area contributed by atoms with Crippen molar-refractivity contribution in [2.45, 2.75) is 26.1 Å². The van der Waals surface area contributed by atoms with E-state index in [1.54, 1.807) is 38.1 Å². The van der Waals surface area contributed by atoms with Crippen LogP contribution in [0.3, 0.4) is 0 Å². The summed E-state index contributed by atoms with van der Waals surface area (Å²) in [6.45, 7) is 6.27. The van der Waals surface area contributed by atoms with Crippen molar-refractivity contribution in [1.29, 1.82) is 0 Å². The SMILES string of the molecule is CC(O)CN(CC(C)O)C(=O)c1ccc(Nc2cc(N3CCOCC3)nc(N)n2)cc1. The molecule has 3 rings (SSSR count). The van der Waals surface area contributed by atoms with E-state index in [-0.39, 0.29) is 24.9 Å². The van der Waals surface area contributed by atoms with E-state index < -0.39 is 12.2 Å². The molecule has 1 aromatic carbocycles. The number of carbonyl (C=O) groups excluding carboxylic acids is 1. The van der Waals surface area contributed by atoms with E-state index >= 15 is 0 Å². The number of ether oxygens (including phenoxy) is 1. The van der Waals surface area contributed by atoms with Crippen LogP contribution >= 0.6 is 0 Å². The summed E-state index contributed by atoms with van der Waals surface area (Å²) in [4.78, 5) is 24.9. The van der Waals surface area contributed by atoms with Crippen LogP contribution in [-0.4, -0.2) is 82.6 Å². The number of hydrogen-bond acceptors (Lipinski definition) is 9. The molecule has 31 heavy (non-hydrogen) atoms.